The molecule has 0 spiro atoms. The van der Waals surface area contributed by atoms with E-state index in [1.165, 1.54) is 0 Å². The molecule has 2 rings (SSSR count). The SMILES string of the molecule is Cc1ccc(C(C)(C)C)c(Oc2ccc(C#N)cc2Br)c1. The van der Waals surface area contributed by atoms with Crippen LogP contribution in [0.1, 0.15) is 37.5 Å². The number of nitrogens with zero attached hydrogens (tertiary/aromatic N) is 1. The van der Waals surface area contributed by atoms with E-state index in [1.807, 2.05) is 19.1 Å². The molecule has 0 aliphatic rings. The number of hydrogen-bond donors (Lipinski definition) is 0. The maximum atomic E-state index is 8.92. The van der Waals surface area contributed by atoms with Crippen LogP contribution in [0.2, 0.25) is 0 Å². The predicted octanol–water partition coefficient (Wildman–Crippen LogP) is 5.72. The highest BCUT2D eigenvalue weighted by atomic mass is 79.9. The van der Waals surface area contributed by atoms with Gasteiger partial charge in [0.2, 0.25) is 0 Å². The van der Waals surface area contributed by atoms with Gasteiger partial charge in [0, 0.05) is 5.56 Å². The lowest BCUT2D eigenvalue weighted by Crippen LogP contribution is -2.12. The molecule has 3 heteroatoms. The van der Waals surface area contributed by atoms with Crippen molar-refractivity contribution in [3.8, 4) is 17.6 Å². The molecule has 2 aromatic rings. The normalized spacial score (nSPS) is 11.0. The number of aryl methyl sites for hydroxylation is 1. The third kappa shape index (κ3) is 3.65. The fraction of sp³-hybridized carbons (Fsp3) is 0.278. The Morgan fingerprint density at radius 2 is 1.76 bits per heavy atom. The minimum absolute atomic E-state index is 0.00209. The Labute approximate surface area is 134 Å². The van der Waals surface area contributed by atoms with Crippen LogP contribution in [0.3, 0.4) is 0 Å². The van der Waals surface area contributed by atoms with Crippen molar-refractivity contribution in [1.29, 1.82) is 5.26 Å². The van der Waals surface area contributed by atoms with Gasteiger partial charge in [0.1, 0.15) is 11.5 Å². The van der Waals surface area contributed by atoms with Gasteiger partial charge >= 0.3 is 0 Å². The molecule has 0 aromatic heterocycles. The van der Waals surface area contributed by atoms with Gasteiger partial charge in [0.05, 0.1) is 16.1 Å². The minimum atomic E-state index is 0.00209. The molecule has 0 unspecified atom stereocenters. The van der Waals surface area contributed by atoms with Gasteiger partial charge in [-0.15, -0.1) is 0 Å². The molecule has 108 valence electrons. The molecule has 0 saturated heterocycles. The number of hydrogen-bond acceptors (Lipinski definition) is 2. The van der Waals surface area contributed by atoms with Gasteiger partial charge in [-0.3, -0.25) is 0 Å². The first-order chi connectivity index (χ1) is 9.81. The van der Waals surface area contributed by atoms with E-state index < -0.39 is 0 Å². The van der Waals surface area contributed by atoms with Crippen LogP contribution in [0.5, 0.6) is 11.5 Å². The molecule has 2 aromatic carbocycles. The van der Waals surface area contributed by atoms with Gasteiger partial charge in [-0.25, -0.2) is 0 Å². The van der Waals surface area contributed by atoms with E-state index in [1.54, 1.807) is 12.1 Å². The zero-order valence-corrected chi connectivity index (χ0v) is 14.3. The highest BCUT2D eigenvalue weighted by Gasteiger charge is 2.20. The molecule has 0 N–H and O–H groups in total. The molecule has 0 fully saturated rings. The summed E-state index contributed by atoms with van der Waals surface area (Å²) in [6.45, 7) is 8.54. The van der Waals surface area contributed by atoms with Crippen LogP contribution >= 0.6 is 15.9 Å². The van der Waals surface area contributed by atoms with Crippen LogP contribution in [0.25, 0.3) is 0 Å². The van der Waals surface area contributed by atoms with Crippen molar-refractivity contribution < 1.29 is 4.74 Å². The summed E-state index contributed by atoms with van der Waals surface area (Å²) in [5.74, 6) is 1.57. The van der Waals surface area contributed by atoms with Crippen molar-refractivity contribution >= 4 is 15.9 Å². The molecule has 0 saturated carbocycles. The Balaban J connectivity index is 2.44. The van der Waals surface area contributed by atoms with Crippen LogP contribution in [0, 0.1) is 18.3 Å². The van der Waals surface area contributed by atoms with Crippen LogP contribution in [-0.4, -0.2) is 0 Å². The minimum Gasteiger partial charge on any atom is -0.456 e. The largest absolute Gasteiger partial charge is 0.456 e. The molecule has 0 amide bonds. The number of benzene rings is 2. The summed E-state index contributed by atoms with van der Waals surface area (Å²) in [6, 6.07) is 13.7. The van der Waals surface area contributed by atoms with Crippen molar-refractivity contribution in [2.24, 2.45) is 0 Å². The summed E-state index contributed by atoms with van der Waals surface area (Å²) in [5, 5.41) is 8.92. The van der Waals surface area contributed by atoms with Gasteiger partial charge in [0.15, 0.2) is 0 Å². The molecule has 0 atom stereocenters. The van der Waals surface area contributed by atoms with Crippen molar-refractivity contribution in [3.63, 3.8) is 0 Å². The maximum Gasteiger partial charge on any atom is 0.141 e. The van der Waals surface area contributed by atoms with Gasteiger partial charge in [-0.2, -0.15) is 5.26 Å². The number of ether oxygens (including phenoxy) is 1. The van der Waals surface area contributed by atoms with E-state index in [9.17, 15) is 0 Å². The van der Waals surface area contributed by atoms with Crippen molar-refractivity contribution in [3.05, 3.63) is 57.6 Å². The van der Waals surface area contributed by atoms with E-state index in [0.29, 0.717) is 11.3 Å². The monoisotopic (exact) mass is 343 g/mol. The average Bonchev–Trinajstić information content (AvgIpc) is 2.39. The molecular formula is C18H18BrNO. The van der Waals surface area contributed by atoms with Crippen LogP contribution < -0.4 is 4.74 Å². The second-order valence-electron chi connectivity index (χ2n) is 6.11. The molecule has 21 heavy (non-hydrogen) atoms. The Bertz CT molecular complexity index is 708. The Morgan fingerprint density at radius 3 is 2.33 bits per heavy atom. The van der Waals surface area contributed by atoms with Gasteiger partial charge in [-0.05, 0) is 58.1 Å². The van der Waals surface area contributed by atoms with Gasteiger partial charge < -0.3 is 4.74 Å². The van der Waals surface area contributed by atoms with E-state index in [0.717, 1.165) is 21.3 Å². The summed E-state index contributed by atoms with van der Waals surface area (Å²) in [4.78, 5) is 0. The average molecular weight is 344 g/mol. The molecule has 0 heterocycles. The maximum absolute atomic E-state index is 8.92. The molecule has 2 nitrogen and oxygen atoms in total. The molecule has 0 radical (unpaired) electrons. The first-order valence-electron chi connectivity index (χ1n) is 6.80. The summed E-state index contributed by atoms with van der Waals surface area (Å²) >= 11 is 3.46. The van der Waals surface area contributed by atoms with E-state index in [-0.39, 0.29) is 5.41 Å². The summed E-state index contributed by atoms with van der Waals surface area (Å²) in [6.07, 6.45) is 0. The fourth-order valence-corrected chi connectivity index (χ4v) is 2.56. The standard InChI is InChI=1S/C18H18BrNO/c1-12-5-7-14(18(2,3)4)17(9-12)21-16-8-6-13(11-20)10-15(16)19/h5-10H,1-4H3. The topological polar surface area (TPSA) is 33.0 Å². The first kappa shape index (κ1) is 15.6. The summed E-state index contributed by atoms with van der Waals surface area (Å²) in [7, 11) is 0. The molecule has 0 bridgehead atoms. The van der Waals surface area contributed by atoms with E-state index in [2.05, 4.69) is 54.9 Å². The lowest BCUT2D eigenvalue weighted by atomic mass is 9.86. The van der Waals surface area contributed by atoms with Crippen molar-refractivity contribution in [2.45, 2.75) is 33.1 Å². The number of nitriles is 1. The van der Waals surface area contributed by atoms with Crippen molar-refractivity contribution in [2.75, 3.05) is 0 Å². The van der Waals surface area contributed by atoms with Crippen LogP contribution in [0.4, 0.5) is 0 Å². The third-order valence-electron chi connectivity index (χ3n) is 3.23. The zero-order chi connectivity index (χ0) is 15.6. The molecule has 0 aliphatic carbocycles. The Morgan fingerprint density at radius 1 is 1.05 bits per heavy atom. The van der Waals surface area contributed by atoms with Gasteiger partial charge in [0.25, 0.3) is 0 Å². The smallest absolute Gasteiger partial charge is 0.141 e. The predicted molar refractivity (Wildman–Crippen MR) is 88.8 cm³/mol. The highest BCUT2D eigenvalue weighted by molar-refractivity contribution is 9.10. The second-order valence-corrected chi connectivity index (χ2v) is 6.96. The third-order valence-corrected chi connectivity index (χ3v) is 3.85. The second kappa shape index (κ2) is 5.91. The van der Waals surface area contributed by atoms with E-state index >= 15 is 0 Å². The molecular weight excluding hydrogens is 326 g/mol. The van der Waals surface area contributed by atoms with Crippen LogP contribution in [-0.2, 0) is 5.41 Å². The Hall–Kier alpha value is -1.79. The van der Waals surface area contributed by atoms with Gasteiger partial charge in [-0.1, -0.05) is 32.9 Å². The number of rotatable bonds is 2. The molecule has 0 aliphatic heterocycles. The van der Waals surface area contributed by atoms with Crippen LogP contribution in [0.15, 0.2) is 40.9 Å². The lowest BCUT2D eigenvalue weighted by Gasteiger charge is -2.23. The lowest BCUT2D eigenvalue weighted by molar-refractivity contribution is 0.452. The summed E-state index contributed by atoms with van der Waals surface area (Å²) < 4.78 is 6.87. The summed E-state index contributed by atoms with van der Waals surface area (Å²) in [5.41, 5.74) is 2.92. The quantitative estimate of drug-likeness (QED) is 0.698. The first-order valence-corrected chi connectivity index (χ1v) is 7.59. The van der Waals surface area contributed by atoms with E-state index in [4.69, 9.17) is 10.00 Å². The Kier molecular flexibility index (Phi) is 4.39. The van der Waals surface area contributed by atoms with Crippen molar-refractivity contribution in [1.82, 2.24) is 0 Å². The number of halogens is 1. The fourth-order valence-electron chi connectivity index (χ4n) is 2.11. The highest BCUT2D eigenvalue weighted by Crippen LogP contribution is 2.37. The zero-order valence-electron chi connectivity index (χ0n) is 12.7.